The molecule has 0 amide bonds. The summed E-state index contributed by atoms with van der Waals surface area (Å²) < 4.78 is 0. The largest absolute Gasteiger partial charge is 0.331 e. The lowest BCUT2D eigenvalue weighted by molar-refractivity contribution is 0.518. The average molecular weight is 608 g/mol. The first-order valence-corrected chi connectivity index (χ1v) is 17.3. The number of nitrogens with zero attached hydrogens (tertiary/aromatic N) is 1. The molecular formula is C46H41N. The van der Waals surface area contributed by atoms with Crippen LogP contribution in [0.4, 0.5) is 5.69 Å². The second-order valence-electron chi connectivity index (χ2n) is 14.5. The van der Waals surface area contributed by atoms with Gasteiger partial charge in [0, 0.05) is 28.6 Å². The topological polar surface area (TPSA) is 3.24 Å². The average Bonchev–Trinajstić information content (AvgIpc) is 3.36. The van der Waals surface area contributed by atoms with Crippen molar-refractivity contribution in [2.24, 2.45) is 0 Å². The van der Waals surface area contributed by atoms with E-state index in [9.17, 15) is 0 Å². The summed E-state index contributed by atoms with van der Waals surface area (Å²) in [6, 6.07) is 30.3. The van der Waals surface area contributed by atoms with Gasteiger partial charge in [0.15, 0.2) is 0 Å². The number of hydrogen-bond donors (Lipinski definition) is 0. The summed E-state index contributed by atoms with van der Waals surface area (Å²) in [5.74, 6) is 0.599. The molecule has 4 aromatic carbocycles. The van der Waals surface area contributed by atoms with E-state index >= 15 is 0 Å². The van der Waals surface area contributed by atoms with Gasteiger partial charge in [-0.25, -0.2) is 0 Å². The maximum atomic E-state index is 2.62. The first kappa shape index (κ1) is 28.4. The standard InChI is InChI=1S/C46H41N/c1-30-23-24-35-38(26-30)41-19-10-11-25-45(41,3)43-29-37(31(2)27-39(35)43)32-14-12-15-33(28-32)40-20-13-21-42-36-18-8-9-22-44(36)47(46(40,42)4)34-16-6-5-7-17-34/h6,8-29,41-42H,5,7H2,1-4H3. The van der Waals surface area contributed by atoms with Crippen molar-refractivity contribution >= 4 is 11.3 Å². The van der Waals surface area contributed by atoms with Crippen LogP contribution in [0.3, 0.4) is 0 Å². The zero-order chi connectivity index (χ0) is 31.9. The van der Waals surface area contributed by atoms with Gasteiger partial charge in [-0.15, -0.1) is 0 Å². The van der Waals surface area contributed by atoms with Crippen LogP contribution >= 0.6 is 0 Å². The number of para-hydroxylation sites is 1. The van der Waals surface area contributed by atoms with E-state index in [1.807, 2.05) is 0 Å². The monoisotopic (exact) mass is 607 g/mol. The molecule has 0 spiro atoms. The molecule has 0 aromatic heterocycles. The van der Waals surface area contributed by atoms with Gasteiger partial charge < -0.3 is 4.90 Å². The van der Waals surface area contributed by atoms with Crippen molar-refractivity contribution < 1.29 is 0 Å². The first-order valence-electron chi connectivity index (χ1n) is 17.3. The number of benzene rings is 4. The highest BCUT2D eigenvalue weighted by atomic mass is 15.2. The maximum absolute atomic E-state index is 2.62. The summed E-state index contributed by atoms with van der Waals surface area (Å²) in [5, 5.41) is 0. The predicted molar refractivity (Wildman–Crippen MR) is 199 cm³/mol. The van der Waals surface area contributed by atoms with Gasteiger partial charge in [0.05, 0.1) is 5.54 Å². The summed E-state index contributed by atoms with van der Waals surface area (Å²) in [7, 11) is 0. The van der Waals surface area contributed by atoms with Gasteiger partial charge in [0.2, 0.25) is 0 Å². The number of anilines is 1. The highest BCUT2D eigenvalue weighted by Gasteiger charge is 2.51. The zero-order valence-electron chi connectivity index (χ0n) is 27.8. The van der Waals surface area contributed by atoms with Gasteiger partial charge in [-0.2, -0.15) is 0 Å². The van der Waals surface area contributed by atoms with E-state index in [1.165, 1.54) is 72.6 Å². The van der Waals surface area contributed by atoms with Crippen LogP contribution in [0.1, 0.15) is 71.9 Å². The van der Waals surface area contributed by atoms with E-state index < -0.39 is 0 Å². The van der Waals surface area contributed by atoms with Crippen molar-refractivity contribution in [1.29, 1.82) is 0 Å². The number of rotatable bonds is 3. The molecule has 47 heavy (non-hydrogen) atoms. The lowest BCUT2D eigenvalue weighted by Crippen LogP contribution is -2.47. The molecule has 9 rings (SSSR count). The Balaban J connectivity index is 1.19. The Bertz CT molecular complexity index is 2160. The minimum absolute atomic E-state index is 0.0975. The molecule has 1 heteroatoms. The number of allylic oxidation sites excluding steroid dienone is 9. The van der Waals surface area contributed by atoms with Crippen LogP contribution in [0, 0.1) is 13.8 Å². The van der Waals surface area contributed by atoms with E-state index in [0.717, 1.165) is 12.8 Å². The molecule has 0 radical (unpaired) electrons. The van der Waals surface area contributed by atoms with Gasteiger partial charge >= 0.3 is 0 Å². The molecule has 1 nitrogen and oxygen atoms in total. The Kier molecular flexibility index (Phi) is 6.22. The molecule has 0 bridgehead atoms. The number of aryl methyl sites for hydroxylation is 2. The first-order chi connectivity index (χ1) is 22.9. The molecule has 5 aliphatic rings. The Labute approximate surface area is 279 Å². The summed E-state index contributed by atoms with van der Waals surface area (Å²) in [4.78, 5) is 2.62. The van der Waals surface area contributed by atoms with E-state index in [1.54, 1.807) is 0 Å². The normalized spacial score (nSPS) is 26.2. The highest BCUT2D eigenvalue weighted by molar-refractivity contribution is 5.90. The smallest absolute Gasteiger partial charge is 0.0783 e. The highest BCUT2D eigenvalue weighted by Crippen LogP contribution is 2.58. The number of hydrogen-bond acceptors (Lipinski definition) is 1. The molecule has 0 saturated carbocycles. The van der Waals surface area contributed by atoms with Crippen LogP contribution in [0.15, 0.2) is 145 Å². The van der Waals surface area contributed by atoms with Crippen molar-refractivity contribution in [3.05, 3.63) is 179 Å². The van der Waals surface area contributed by atoms with E-state index in [0.29, 0.717) is 5.92 Å². The molecule has 0 saturated heterocycles. The van der Waals surface area contributed by atoms with Gasteiger partial charge in [-0.05, 0) is 114 Å². The Hall–Kier alpha value is -4.88. The predicted octanol–water partition coefficient (Wildman–Crippen LogP) is 11.7. The van der Waals surface area contributed by atoms with Crippen LogP contribution in [0.2, 0.25) is 0 Å². The van der Waals surface area contributed by atoms with Gasteiger partial charge in [0.25, 0.3) is 0 Å². The van der Waals surface area contributed by atoms with Crippen LogP contribution < -0.4 is 4.90 Å². The van der Waals surface area contributed by atoms with E-state index in [2.05, 4.69) is 172 Å². The second-order valence-corrected chi connectivity index (χ2v) is 14.5. The summed E-state index contributed by atoms with van der Waals surface area (Å²) in [6.07, 6.45) is 25.7. The lowest BCUT2D eigenvalue weighted by atomic mass is 9.60. The van der Waals surface area contributed by atoms with Gasteiger partial charge in [-0.1, -0.05) is 128 Å². The Morgan fingerprint density at radius 3 is 2.43 bits per heavy atom. The van der Waals surface area contributed by atoms with Gasteiger partial charge in [-0.3, -0.25) is 0 Å². The van der Waals surface area contributed by atoms with Crippen molar-refractivity contribution in [2.45, 2.75) is 63.3 Å². The van der Waals surface area contributed by atoms with Crippen molar-refractivity contribution in [3.63, 3.8) is 0 Å². The second kappa shape index (κ2) is 10.3. The molecule has 0 fully saturated rings. The third kappa shape index (κ3) is 4.02. The van der Waals surface area contributed by atoms with E-state index in [4.69, 9.17) is 0 Å². The van der Waals surface area contributed by atoms with Crippen LogP contribution in [-0.2, 0) is 5.41 Å². The summed E-state index contributed by atoms with van der Waals surface area (Å²) in [6.45, 7) is 9.38. The Morgan fingerprint density at radius 1 is 0.702 bits per heavy atom. The fourth-order valence-corrected chi connectivity index (χ4v) is 9.36. The molecule has 230 valence electrons. The quantitative estimate of drug-likeness (QED) is 0.224. The minimum Gasteiger partial charge on any atom is -0.331 e. The fraction of sp³-hybridized carbons (Fsp3) is 0.217. The minimum atomic E-state index is -0.239. The van der Waals surface area contributed by atoms with Crippen molar-refractivity contribution in [3.8, 4) is 22.3 Å². The third-order valence-corrected chi connectivity index (χ3v) is 11.7. The zero-order valence-corrected chi connectivity index (χ0v) is 27.8. The maximum Gasteiger partial charge on any atom is 0.0783 e. The summed E-state index contributed by atoms with van der Waals surface area (Å²) >= 11 is 0. The Morgan fingerprint density at radius 2 is 1.55 bits per heavy atom. The summed E-state index contributed by atoms with van der Waals surface area (Å²) in [5.41, 5.74) is 17.2. The third-order valence-electron chi connectivity index (χ3n) is 11.7. The van der Waals surface area contributed by atoms with Gasteiger partial charge in [0.1, 0.15) is 0 Å². The molecule has 4 aliphatic carbocycles. The molecule has 4 unspecified atom stereocenters. The molecule has 0 N–H and O–H groups in total. The van der Waals surface area contributed by atoms with Crippen molar-refractivity contribution in [1.82, 2.24) is 0 Å². The van der Waals surface area contributed by atoms with Crippen LogP contribution in [-0.4, -0.2) is 5.54 Å². The fourth-order valence-electron chi connectivity index (χ4n) is 9.36. The number of fused-ring (bicyclic) bond motifs is 9. The van der Waals surface area contributed by atoms with E-state index in [-0.39, 0.29) is 16.9 Å². The molecular weight excluding hydrogens is 567 g/mol. The lowest BCUT2D eigenvalue weighted by Gasteiger charge is -2.45. The molecule has 1 heterocycles. The molecule has 4 aromatic rings. The van der Waals surface area contributed by atoms with Crippen molar-refractivity contribution in [2.75, 3.05) is 4.90 Å². The SMILES string of the molecule is Cc1ccc2c(c1)C1C=CC=CC1(C)c1cc(-c3cccc(C4=CC=CC5c6ccccc6N(C6=CCCC=C6)C45C)c3)c(C)cc1-2. The van der Waals surface area contributed by atoms with Crippen LogP contribution in [0.5, 0.6) is 0 Å². The molecule has 4 atom stereocenters. The van der Waals surface area contributed by atoms with Crippen LogP contribution in [0.25, 0.3) is 27.8 Å². The molecule has 1 aliphatic heterocycles.